The molecular formula is C19H18FN3O2. The van der Waals surface area contributed by atoms with Crippen LogP contribution in [0.15, 0.2) is 46.9 Å². The Hall–Kier alpha value is -3.02. The Morgan fingerprint density at radius 3 is 2.56 bits per heavy atom. The molecule has 0 bridgehead atoms. The van der Waals surface area contributed by atoms with E-state index in [2.05, 4.69) is 15.5 Å². The SMILES string of the molecule is Cc1ccc(C(=O)NCCc2nnc(-c3ccc(F)cc3)o2)cc1C. The van der Waals surface area contributed by atoms with Crippen LogP contribution < -0.4 is 5.32 Å². The van der Waals surface area contributed by atoms with Gasteiger partial charge in [-0.3, -0.25) is 4.79 Å². The van der Waals surface area contributed by atoms with Gasteiger partial charge in [0, 0.05) is 24.1 Å². The maximum Gasteiger partial charge on any atom is 0.251 e. The highest BCUT2D eigenvalue weighted by molar-refractivity contribution is 5.94. The molecule has 1 heterocycles. The van der Waals surface area contributed by atoms with Gasteiger partial charge >= 0.3 is 0 Å². The number of halogens is 1. The predicted octanol–water partition coefficient (Wildman–Crippen LogP) is 3.47. The third-order valence-electron chi connectivity index (χ3n) is 3.95. The number of carbonyl (C=O) groups is 1. The summed E-state index contributed by atoms with van der Waals surface area (Å²) in [4.78, 5) is 12.1. The number of rotatable bonds is 5. The quantitative estimate of drug-likeness (QED) is 0.773. The summed E-state index contributed by atoms with van der Waals surface area (Å²) in [5, 5.41) is 10.7. The highest BCUT2D eigenvalue weighted by Gasteiger charge is 2.10. The van der Waals surface area contributed by atoms with E-state index in [4.69, 9.17) is 4.42 Å². The third-order valence-corrected chi connectivity index (χ3v) is 3.95. The lowest BCUT2D eigenvalue weighted by Crippen LogP contribution is -2.25. The van der Waals surface area contributed by atoms with Crippen LogP contribution in [-0.4, -0.2) is 22.6 Å². The molecule has 1 aromatic heterocycles. The summed E-state index contributed by atoms with van der Waals surface area (Å²) in [7, 11) is 0. The van der Waals surface area contributed by atoms with Crippen molar-refractivity contribution in [3.63, 3.8) is 0 Å². The van der Waals surface area contributed by atoms with Crippen LogP contribution in [-0.2, 0) is 6.42 Å². The van der Waals surface area contributed by atoms with Crippen molar-refractivity contribution in [2.45, 2.75) is 20.3 Å². The minimum absolute atomic E-state index is 0.138. The van der Waals surface area contributed by atoms with Gasteiger partial charge in [0.1, 0.15) is 5.82 Å². The summed E-state index contributed by atoms with van der Waals surface area (Å²) < 4.78 is 18.5. The van der Waals surface area contributed by atoms with E-state index in [9.17, 15) is 9.18 Å². The molecule has 0 spiro atoms. The van der Waals surface area contributed by atoms with Gasteiger partial charge in [0.2, 0.25) is 11.8 Å². The fourth-order valence-corrected chi connectivity index (χ4v) is 2.33. The first-order valence-corrected chi connectivity index (χ1v) is 7.97. The molecule has 0 atom stereocenters. The number of benzene rings is 2. The third kappa shape index (κ3) is 4.09. The van der Waals surface area contributed by atoms with Gasteiger partial charge in [-0.25, -0.2) is 4.39 Å². The van der Waals surface area contributed by atoms with E-state index >= 15 is 0 Å². The van der Waals surface area contributed by atoms with Crippen LogP contribution in [0.5, 0.6) is 0 Å². The van der Waals surface area contributed by atoms with Crippen molar-refractivity contribution in [3.05, 3.63) is 70.9 Å². The van der Waals surface area contributed by atoms with Crippen molar-refractivity contribution < 1.29 is 13.6 Å². The Morgan fingerprint density at radius 2 is 1.84 bits per heavy atom. The molecule has 128 valence electrons. The normalized spacial score (nSPS) is 10.7. The van der Waals surface area contributed by atoms with Gasteiger partial charge in [-0.15, -0.1) is 10.2 Å². The van der Waals surface area contributed by atoms with Crippen LogP contribution in [0.3, 0.4) is 0 Å². The number of aryl methyl sites for hydroxylation is 2. The van der Waals surface area contributed by atoms with Gasteiger partial charge in [-0.1, -0.05) is 6.07 Å². The first-order chi connectivity index (χ1) is 12.0. The van der Waals surface area contributed by atoms with Crippen molar-refractivity contribution in [2.24, 2.45) is 0 Å². The van der Waals surface area contributed by atoms with E-state index in [0.717, 1.165) is 11.1 Å². The Morgan fingerprint density at radius 1 is 1.08 bits per heavy atom. The monoisotopic (exact) mass is 339 g/mol. The predicted molar refractivity (Wildman–Crippen MR) is 91.6 cm³/mol. The molecule has 0 saturated heterocycles. The molecule has 0 radical (unpaired) electrons. The van der Waals surface area contributed by atoms with Gasteiger partial charge < -0.3 is 9.73 Å². The molecule has 0 saturated carbocycles. The summed E-state index contributed by atoms with van der Waals surface area (Å²) in [6.07, 6.45) is 0.421. The van der Waals surface area contributed by atoms with E-state index < -0.39 is 0 Å². The molecule has 3 rings (SSSR count). The molecule has 5 nitrogen and oxygen atoms in total. The summed E-state index contributed by atoms with van der Waals surface area (Å²) in [5.41, 5.74) is 3.50. The Bertz CT molecular complexity index is 888. The van der Waals surface area contributed by atoms with E-state index in [0.29, 0.717) is 35.9 Å². The Labute approximate surface area is 144 Å². The molecule has 0 fully saturated rings. The van der Waals surface area contributed by atoms with Crippen LogP contribution in [0.1, 0.15) is 27.4 Å². The average molecular weight is 339 g/mol. The van der Waals surface area contributed by atoms with Crippen LogP contribution in [0.25, 0.3) is 11.5 Å². The molecule has 6 heteroatoms. The molecular weight excluding hydrogens is 321 g/mol. The first-order valence-electron chi connectivity index (χ1n) is 7.97. The number of nitrogens with zero attached hydrogens (tertiary/aromatic N) is 2. The van der Waals surface area contributed by atoms with E-state index in [1.165, 1.54) is 12.1 Å². The molecule has 1 amide bonds. The molecule has 3 aromatic rings. The van der Waals surface area contributed by atoms with Crippen molar-refractivity contribution in [3.8, 4) is 11.5 Å². The molecule has 1 N–H and O–H groups in total. The minimum Gasteiger partial charge on any atom is -0.421 e. The van der Waals surface area contributed by atoms with Gasteiger partial charge in [0.15, 0.2) is 0 Å². The molecule has 0 aliphatic heterocycles. The summed E-state index contributed by atoms with van der Waals surface area (Å²) in [6, 6.07) is 11.4. The molecule has 0 aliphatic rings. The topological polar surface area (TPSA) is 68.0 Å². The number of amides is 1. The van der Waals surface area contributed by atoms with Crippen molar-refractivity contribution >= 4 is 5.91 Å². The smallest absolute Gasteiger partial charge is 0.251 e. The minimum atomic E-state index is -0.322. The maximum absolute atomic E-state index is 12.9. The van der Waals surface area contributed by atoms with Gasteiger partial charge in [-0.2, -0.15) is 0 Å². The number of aromatic nitrogens is 2. The number of hydrogen-bond donors (Lipinski definition) is 1. The van der Waals surface area contributed by atoms with Crippen molar-refractivity contribution in [1.82, 2.24) is 15.5 Å². The lowest BCUT2D eigenvalue weighted by molar-refractivity contribution is 0.0953. The van der Waals surface area contributed by atoms with E-state index in [1.54, 1.807) is 18.2 Å². The zero-order valence-corrected chi connectivity index (χ0v) is 14.0. The Kier molecular flexibility index (Phi) is 4.88. The summed E-state index contributed by atoms with van der Waals surface area (Å²) in [6.45, 7) is 4.36. The molecule has 25 heavy (non-hydrogen) atoms. The van der Waals surface area contributed by atoms with Crippen LogP contribution >= 0.6 is 0 Å². The maximum atomic E-state index is 12.9. The summed E-state index contributed by atoms with van der Waals surface area (Å²) in [5.74, 6) is 0.286. The molecule has 2 aromatic carbocycles. The van der Waals surface area contributed by atoms with Crippen LogP contribution in [0, 0.1) is 19.7 Å². The van der Waals surface area contributed by atoms with Gasteiger partial charge in [-0.05, 0) is 61.4 Å². The highest BCUT2D eigenvalue weighted by atomic mass is 19.1. The second-order valence-electron chi connectivity index (χ2n) is 5.81. The largest absolute Gasteiger partial charge is 0.421 e. The first kappa shape index (κ1) is 16.8. The number of hydrogen-bond acceptors (Lipinski definition) is 4. The Balaban J connectivity index is 1.56. The number of carbonyl (C=O) groups excluding carboxylic acids is 1. The lowest BCUT2D eigenvalue weighted by Gasteiger charge is -2.06. The van der Waals surface area contributed by atoms with Crippen LogP contribution in [0.2, 0.25) is 0 Å². The van der Waals surface area contributed by atoms with E-state index in [-0.39, 0.29) is 11.7 Å². The lowest BCUT2D eigenvalue weighted by atomic mass is 10.1. The fraction of sp³-hybridized carbons (Fsp3) is 0.211. The molecule has 0 unspecified atom stereocenters. The fourth-order valence-electron chi connectivity index (χ4n) is 2.33. The summed E-state index contributed by atoms with van der Waals surface area (Å²) >= 11 is 0. The second kappa shape index (κ2) is 7.25. The van der Waals surface area contributed by atoms with Crippen molar-refractivity contribution in [1.29, 1.82) is 0 Å². The zero-order valence-electron chi connectivity index (χ0n) is 14.0. The zero-order chi connectivity index (χ0) is 17.8. The van der Waals surface area contributed by atoms with E-state index in [1.807, 2.05) is 26.0 Å². The van der Waals surface area contributed by atoms with Crippen LogP contribution in [0.4, 0.5) is 4.39 Å². The van der Waals surface area contributed by atoms with Gasteiger partial charge in [0.25, 0.3) is 5.91 Å². The number of nitrogens with one attached hydrogen (secondary N) is 1. The highest BCUT2D eigenvalue weighted by Crippen LogP contribution is 2.18. The standard InChI is InChI=1S/C19H18FN3O2/c1-12-3-4-15(11-13(12)2)18(24)21-10-9-17-22-23-19(25-17)14-5-7-16(20)8-6-14/h3-8,11H,9-10H2,1-2H3,(H,21,24). The average Bonchev–Trinajstić information content (AvgIpc) is 3.06. The second-order valence-corrected chi connectivity index (χ2v) is 5.81. The van der Waals surface area contributed by atoms with Crippen molar-refractivity contribution in [2.75, 3.05) is 6.54 Å². The molecule has 0 aliphatic carbocycles. The van der Waals surface area contributed by atoms with Gasteiger partial charge in [0.05, 0.1) is 0 Å².